The number of benzene rings is 2. The molecule has 0 radical (unpaired) electrons. The zero-order valence-electron chi connectivity index (χ0n) is 19.4. The first-order valence-electron chi connectivity index (χ1n) is 11.3. The van der Waals surface area contributed by atoms with Crippen molar-refractivity contribution in [1.82, 2.24) is 9.88 Å². The number of carbonyl (C=O) groups is 3. The molecule has 180 valence electrons. The molecule has 1 heterocycles. The fourth-order valence-electron chi connectivity index (χ4n) is 4.82. The molecule has 2 atom stereocenters. The number of aromatic nitrogens is 1. The van der Waals surface area contributed by atoms with Gasteiger partial charge < -0.3 is 10.6 Å². The first-order chi connectivity index (χ1) is 16.7. The van der Waals surface area contributed by atoms with Crippen LogP contribution in [-0.2, 0) is 22.4 Å². The summed E-state index contributed by atoms with van der Waals surface area (Å²) in [5.41, 5.74) is 8.91. The lowest BCUT2D eigenvalue weighted by Crippen LogP contribution is -2.43. The maximum Gasteiger partial charge on any atom is 0.257 e. The van der Waals surface area contributed by atoms with Gasteiger partial charge in [-0.1, -0.05) is 35.9 Å². The van der Waals surface area contributed by atoms with Crippen molar-refractivity contribution in [2.75, 3.05) is 0 Å². The summed E-state index contributed by atoms with van der Waals surface area (Å²) in [4.78, 5) is 44.3. The average Bonchev–Trinajstić information content (AvgIpc) is 3.20. The van der Waals surface area contributed by atoms with Crippen molar-refractivity contribution in [3.8, 4) is 0 Å². The Balaban J connectivity index is 1.89. The summed E-state index contributed by atoms with van der Waals surface area (Å²) >= 11 is 6.17. The third-order valence-electron chi connectivity index (χ3n) is 6.30. The molecule has 2 amide bonds. The van der Waals surface area contributed by atoms with Crippen molar-refractivity contribution in [3.05, 3.63) is 99.1 Å². The van der Waals surface area contributed by atoms with Crippen LogP contribution in [0.15, 0.2) is 54.7 Å². The van der Waals surface area contributed by atoms with Crippen LogP contribution in [0.2, 0.25) is 5.02 Å². The van der Waals surface area contributed by atoms with E-state index in [2.05, 4.69) is 4.98 Å². The molecule has 1 aromatic heterocycles. The van der Waals surface area contributed by atoms with E-state index in [0.29, 0.717) is 46.4 Å². The minimum atomic E-state index is -1.16. The van der Waals surface area contributed by atoms with Crippen LogP contribution >= 0.6 is 11.6 Å². The number of rotatable bonds is 7. The largest absolute Gasteiger partial charge is 0.368 e. The maximum atomic E-state index is 14.7. The maximum absolute atomic E-state index is 14.7. The van der Waals surface area contributed by atoms with Crippen molar-refractivity contribution >= 4 is 29.2 Å². The van der Waals surface area contributed by atoms with E-state index in [1.165, 1.54) is 17.9 Å². The Morgan fingerprint density at radius 1 is 1.20 bits per heavy atom. The third-order valence-corrected chi connectivity index (χ3v) is 6.51. The second-order valence-corrected chi connectivity index (χ2v) is 9.22. The fourth-order valence-corrected chi connectivity index (χ4v) is 5.03. The fraction of sp³-hybridized carbons (Fsp3) is 0.259. The van der Waals surface area contributed by atoms with E-state index in [-0.39, 0.29) is 17.2 Å². The van der Waals surface area contributed by atoms with Gasteiger partial charge in [0, 0.05) is 23.3 Å². The Hall–Kier alpha value is -3.58. The van der Waals surface area contributed by atoms with E-state index in [1.807, 2.05) is 0 Å². The number of hydrogen-bond donors (Lipinski definition) is 1. The zero-order valence-corrected chi connectivity index (χ0v) is 20.2. The number of Topliss-reactive ketones (excluding diaryl/α,β-unsaturated/α-hetero) is 1. The minimum Gasteiger partial charge on any atom is -0.368 e. The lowest BCUT2D eigenvalue weighted by molar-refractivity contribution is -0.123. The molecule has 35 heavy (non-hydrogen) atoms. The number of carbonyl (C=O) groups excluding carboxylic acids is 3. The highest BCUT2D eigenvalue weighted by Gasteiger charge is 2.40. The number of halogens is 2. The molecule has 0 spiro atoms. The van der Waals surface area contributed by atoms with Gasteiger partial charge in [-0.2, -0.15) is 0 Å². The smallest absolute Gasteiger partial charge is 0.257 e. The van der Waals surface area contributed by atoms with Crippen LogP contribution in [0.4, 0.5) is 4.39 Å². The van der Waals surface area contributed by atoms with Crippen molar-refractivity contribution in [2.45, 2.75) is 45.2 Å². The summed E-state index contributed by atoms with van der Waals surface area (Å²) in [5, 5.41) is 0.206. The molecule has 1 aliphatic rings. The van der Waals surface area contributed by atoms with Crippen LogP contribution in [0.5, 0.6) is 0 Å². The molecule has 0 saturated heterocycles. The number of nitrogens with two attached hydrogens (primary N) is 1. The van der Waals surface area contributed by atoms with E-state index < -0.39 is 29.7 Å². The van der Waals surface area contributed by atoms with Crippen molar-refractivity contribution in [3.63, 3.8) is 0 Å². The molecular weight excluding hydrogens is 469 g/mol. The van der Waals surface area contributed by atoms with Gasteiger partial charge in [-0.15, -0.1) is 0 Å². The molecule has 2 aromatic carbocycles. The number of nitrogens with zero attached hydrogens (tertiary/aromatic N) is 2. The van der Waals surface area contributed by atoms with Crippen LogP contribution in [0.25, 0.3) is 0 Å². The summed E-state index contributed by atoms with van der Waals surface area (Å²) < 4.78 is 14.7. The normalized spacial score (nSPS) is 15.4. The first kappa shape index (κ1) is 24.5. The van der Waals surface area contributed by atoms with E-state index in [4.69, 9.17) is 17.3 Å². The molecule has 8 heteroatoms. The van der Waals surface area contributed by atoms with Crippen LogP contribution in [0.1, 0.15) is 63.7 Å². The monoisotopic (exact) mass is 493 g/mol. The van der Waals surface area contributed by atoms with Gasteiger partial charge in [-0.05, 0) is 73.2 Å². The Bertz CT molecular complexity index is 1330. The summed E-state index contributed by atoms with van der Waals surface area (Å²) in [5.74, 6) is -1.67. The Morgan fingerprint density at radius 2 is 1.97 bits per heavy atom. The lowest BCUT2D eigenvalue weighted by Gasteiger charge is -2.36. The summed E-state index contributed by atoms with van der Waals surface area (Å²) in [7, 11) is 0. The second-order valence-electron chi connectivity index (χ2n) is 8.79. The molecule has 2 N–H and O–H groups in total. The third kappa shape index (κ3) is 4.95. The molecule has 4 rings (SSSR count). The predicted octanol–water partition coefficient (Wildman–Crippen LogP) is 4.67. The van der Waals surface area contributed by atoms with Crippen molar-refractivity contribution < 1.29 is 18.8 Å². The Labute approximate surface area is 207 Å². The van der Waals surface area contributed by atoms with E-state index in [9.17, 15) is 18.8 Å². The topological polar surface area (TPSA) is 93.4 Å². The molecule has 0 bridgehead atoms. The van der Waals surface area contributed by atoms with Crippen LogP contribution < -0.4 is 5.73 Å². The quantitative estimate of drug-likeness (QED) is 0.517. The van der Waals surface area contributed by atoms with Crippen LogP contribution in [0, 0.1) is 12.7 Å². The highest BCUT2D eigenvalue weighted by molar-refractivity contribution is 6.30. The van der Waals surface area contributed by atoms with E-state index in [1.54, 1.807) is 55.6 Å². The van der Waals surface area contributed by atoms with Crippen LogP contribution in [0.3, 0.4) is 0 Å². The second kappa shape index (κ2) is 9.96. The molecule has 0 saturated carbocycles. The van der Waals surface area contributed by atoms with E-state index >= 15 is 0 Å². The Kier molecular flexibility index (Phi) is 6.98. The highest BCUT2D eigenvalue weighted by atomic mass is 35.5. The zero-order chi connectivity index (χ0) is 25.3. The molecule has 0 fully saturated rings. The number of fused-ring (bicyclic) bond motifs is 1. The number of amides is 2. The van der Waals surface area contributed by atoms with E-state index in [0.717, 1.165) is 0 Å². The van der Waals surface area contributed by atoms with Gasteiger partial charge in [0.1, 0.15) is 17.6 Å². The standard InChI is InChI=1S/C27H25ClFN3O3/c1-15(33)11-17-5-3-6-18(12-17)25(26(30)34)32(27(35)20-7-4-10-31-16(20)2)24-9-8-21-22(24)13-19(28)14-23(21)29/h3-7,10,12-14,24-25H,8-9,11H2,1-2H3,(H2,30,34)/t24-,25-/m1/s1. The number of ketones is 1. The molecular formula is C27H25ClFN3O3. The number of primary amides is 1. The molecule has 6 nitrogen and oxygen atoms in total. The van der Waals surface area contributed by atoms with Crippen molar-refractivity contribution in [2.24, 2.45) is 5.73 Å². The number of aryl methyl sites for hydroxylation is 1. The van der Waals surface area contributed by atoms with Crippen LogP contribution in [-0.4, -0.2) is 27.5 Å². The van der Waals surface area contributed by atoms with Gasteiger partial charge in [0.15, 0.2) is 0 Å². The van der Waals surface area contributed by atoms with Crippen molar-refractivity contribution in [1.29, 1.82) is 0 Å². The van der Waals surface area contributed by atoms with Gasteiger partial charge in [0.05, 0.1) is 11.6 Å². The van der Waals surface area contributed by atoms with Gasteiger partial charge in [-0.3, -0.25) is 19.4 Å². The average molecular weight is 494 g/mol. The van der Waals surface area contributed by atoms with Gasteiger partial charge in [-0.25, -0.2) is 4.39 Å². The summed E-state index contributed by atoms with van der Waals surface area (Å²) in [6.07, 6.45) is 2.54. The molecule has 1 aliphatic carbocycles. The lowest BCUT2D eigenvalue weighted by atomic mass is 9.95. The van der Waals surface area contributed by atoms with Gasteiger partial charge in [0.25, 0.3) is 5.91 Å². The molecule has 0 unspecified atom stereocenters. The predicted molar refractivity (Wildman–Crippen MR) is 130 cm³/mol. The number of hydrogen-bond acceptors (Lipinski definition) is 4. The summed E-state index contributed by atoms with van der Waals surface area (Å²) in [6, 6.07) is 11.3. The highest BCUT2D eigenvalue weighted by Crippen LogP contribution is 2.43. The number of pyridine rings is 1. The SMILES string of the molecule is CC(=O)Cc1cccc([C@H](C(N)=O)N(C(=O)c2cccnc2C)[C@@H]2CCc3c(F)cc(Cl)cc32)c1. The minimum absolute atomic E-state index is 0.0356. The summed E-state index contributed by atoms with van der Waals surface area (Å²) in [6.45, 7) is 3.18. The first-order valence-corrected chi connectivity index (χ1v) is 11.6. The van der Waals surface area contributed by atoms with Gasteiger partial charge >= 0.3 is 0 Å². The van der Waals surface area contributed by atoms with Gasteiger partial charge in [0.2, 0.25) is 5.91 Å². The Morgan fingerprint density at radius 3 is 2.66 bits per heavy atom. The molecule has 3 aromatic rings. The molecule has 0 aliphatic heterocycles.